The van der Waals surface area contributed by atoms with E-state index in [9.17, 15) is 0 Å². The third-order valence-electron chi connectivity index (χ3n) is 3.21. The van der Waals surface area contributed by atoms with E-state index in [4.69, 9.17) is 4.74 Å². The topological polar surface area (TPSA) is 33.3 Å². The Bertz CT molecular complexity index is 420. The molecule has 2 heterocycles. The summed E-state index contributed by atoms with van der Waals surface area (Å²) < 4.78 is 6.90. The predicted molar refractivity (Wildman–Crippen MR) is 68.4 cm³/mol. The number of halogens is 1. The maximum absolute atomic E-state index is 5.70. The van der Waals surface area contributed by atoms with Gasteiger partial charge in [-0.05, 0) is 59.1 Å². The Hall–Kier alpha value is -0.740. The summed E-state index contributed by atoms with van der Waals surface area (Å²) in [6, 6.07) is 2.20. The van der Waals surface area contributed by atoms with Crippen LogP contribution in [-0.2, 0) is 12.8 Å². The number of rotatable bonds is 0. The number of benzene rings is 1. The second kappa shape index (κ2) is 4.26. The molecule has 16 heavy (non-hydrogen) atoms. The molecular weight excluding hydrogens is 268 g/mol. The van der Waals surface area contributed by atoms with Crippen molar-refractivity contribution in [3.63, 3.8) is 0 Å². The molecule has 3 nitrogen and oxygen atoms in total. The molecule has 86 valence electrons. The van der Waals surface area contributed by atoms with Crippen LogP contribution in [0.5, 0.6) is 5.75 Å². The molecule has 0 radical (unpaired) electrons. The molecular formula is C12H15BrN2O. The van der Waals surface area contributed by atoms with Crippen LogP contribution in [0.1, 0.15) is 11.1 Å². The van der Waals surface area contributed by atoms with E-state index in [1.165, 1.54) is 15.6 Å². The number of ether oxygens (including phenoxy) is 1. The maximum atomic E-state index is 5.70. The summed E-state index contributed by atoms with van der Waals surface area (Å²) in [6.07, 6.45) is 2.18. The zero-order valence-corrected chi connectivity index (χ0v) is 10.7. The van der Waals surface area contributed by atoms with Gasteiger partial charge in [-0.1, -0.05) is 0 Å². The van der Waals surface area contributed by atoms with Gasteiger partial charge in [0.1, 0.15) is 12.4 Å². The second-order valence-electron chi connectivity index (χ2n) is 4.23. The summed E-state index contributed by atoms with van der Waals surface area (Å²) in [4.78, 5) is 0. The molecule has 2 aliphatic rings. The Morgan fingerprint density at radius 2 is 2.06 bits per heavy atom. The average molecular weight is 283 g/mol. The van der Waals surface area contributed by atoms with Gasteiger partial charge in [0.15, 0.2) is 0 Å². The number of nitrogens with one attached hydrogen (secondary N) is 2. The average Bonchev–Trinajstić information content (AvgIpc) is 2.55. The molecule has 2 N–H and O–H groups in total. The first-order valence-corrected chi connectivity index (χ1v) is 6.57. The van der Waals surface area contributed by atoms with Crippen LogP contribution in [0.2, 0.25) is 0 Å². The van der Waals surface area contributed by atoms with Crippen molar-refractivity contribution in [2.24, 2.45) is 0 Å². The van der Waals surface area contributed by atoms with Crippen LogP contribution in [0.4, 0.5) is 5.69 Å². The third kappa shape index (κ3) is 1.70. The molecule has 3 rings (SSSR count). The van der Waals surface area contributed by atoms with Crippen molar-refractivity contribution >= 4 is 21.6 Å². The quantitative estimate of drug-likeness (QED) is 0.763. The number of hydrogen-bond acceptors (Lipinski definition) is 3. The lowest BCUT2D eigenvalue weighted by Gasteiger charge is -2.23. The molecule has 0 spiro atoms. The SMILES string of the molecule is Brc1c2c(cc3c1NCCO3)CCNCC2. The summed E-state index contributed by atoms with van der Waals surface area (Å²) in [6.45, 7) is 3.77. The van der Waals surface area contributed by atoms with Crippen molar-refractivity contribution in [1.82, 2.24) is 5.32 Å². The van der Waals surface area contributed by atoms with Gasteiger partial charge in [-0.2, -0.15) is 0 Å². The zero-order chi connectivity index (χ0) is 11.0. The van der Waals surface area contributed by atoms with E-state index in [0.717, 1.165) is 50.5 Å². The zero-order valence-electron chi connectivity index (χ0n) is 9.11. The van der Waals surface area contributed by atoms with E-state index in [0.29, 0.717) is 0 Å². The van der Waals surface area contributed by atoms with Crippen molar-refractivity contribution < 1.29 is 4.74 Å². The largest absolute Gasteiger partial charge is 0.490 e. The Kier molecular flexibility index (Phi) is 2.77. The molecule has 0 saturated heterocycles. The van der Waals surface area contributed by atoms with Crippen LogP contribution in [-0.4, -0.2) is 26.2 Å². The first-order chi connectivity index (χ1) is 7.86. The summed E-state index contributed by atoms with van der Waals surface area (Å²) in [5.74, 6) is 0.999. The van der Waals surface area contributed by atoms with Crippen LogP contribution < -0.4 is 15.4 Å². The molecule has 0 saturated carbocycles. The Labute approximate surface area is 104 Å². The van der Waals surface area contributed by atoms with Crippen LogP contribution in [0.25, 0.3) is 0 Å². The molecule has 0 atom stereocenters. The third-order valence-corrected chi connectivity index (χ3v) is 4.08. The van der Waals surface area contributed by atoms with Crippen LogP contribution in [0.15, 0.2) is 10.5 Å². The van der Waals surface area contributed by atoms with Gasteiger partial charge in [0.05, 0.1) is 5.69 Å². The molecule has 4 heteroatoms. The van der Waals surface area contributed by atoms with Crippen molar-refractivity contribution in [1.29, 1.82) is 0 Å². The number of fused-ring (bicyclic) bond motifs is 2. The highest BCUT2D eigenvalue weighted by atomic mass is 79.9. The lowest BCUT2D eigenvalue weighted by molar-refractivity contribution is 0.322. The molecule has 1 aromatic carbocycles. The minimum Gasteiger partial charge on any atom is -0.490 e. The van der Waals surface area contributed by atoms with Crippen LogP contribution in [0.3, 0.4) is 0 Å². The normalized spacial score (nSPS) is 18.8. The number of anilines is 1. The van der Waals surface area contributed by atoms with E-state index in [2.05, 4.69) is 32.6 Å². The Balaban J connectivity index is 2.12. The smallest absolute Gasteiger partial charge is 0.143 e. The van der Waals surface area contributed by atoms with Gasteiger partial charge in [-0.25, -0.2) is 0 Å². The fraction of sp³-hybridized carbons (Fsp3) is 0.500. The fourth-order valence-corrected chi connectivity index (χ4v) is 3.18. The number of hydrogen-bond donors (Lipinski definition) is 2. The summed E-state index contributed by atoms with van der Waals surface area (Å²) in [5, 5.41) is 6.84. The van der Waals surface area contributed by atoms with Crippen LogP contribution >= 0.6 is 15.9 Å². The predicted octanol–water partition coefficient (Wildman–Crippen LogP) is 1.94. The standard InChI is InChI=1S/C12H15BrN2O/c13-11-9-2-4-14-3-1-8(9)7-10-12(11)15-5-6-16-10/h7,14-15H,1-6H2. The fourth-order valence-electron chi connectivity index (χ4n) is 2.39. The molecule has 0 bridgehead atoms. The molecule has 0 amide bonds. The second-order valence-corrected chi connectivity index (χ2v) is 5.02. The summed E-state index contributed by atoms with van der Waals surface area (Å²) >= 11 is 3.72. The highest BCUT2D eigenvalue weighted by Crippen LogP contribution is 2.40. The van der Waals surface area contributed by atoms with Crippen molar-refractivity contribution in [2.45, 2.75) is 12.8 Å². The summed E-state index contributed by atoms with van der Waals surface area (Å²) in [7, 11) is 0. The lowest BCUT2D eigenvalue weighted by Crippen LogP contribution is -2.19. The van der Waals surface area contributed by atoms with E-state index in [-0.39, 0.29) is 0 Å². The minimum absolute atomic E-state index is 0.760. The van der Waals surface area contributed by atoms with Crippen molar-refractivity contribution in [3.8, 4) is 5.75 Å². The van der Waals surface area contributed by atoms with Gasteiger partial charge in [0.25, 0.3) is 0 Å². The molecule has 0 aromatic heterocycles. The van der Waals surface area contributed by atoms with Crippen LogP contribution in [0, 0.1) is 0 Å². The van der Waals surface area contributed by atoms with E-state index >= 15 is 0 Å². The highest BCUT2D eigenvalue weighted by molar-refractivity contribution is 9.10. The molecule has 1 aromatic rings. The maximum Gasteiger partial charge on any atom is 0.143 e. The minimum atomic E-state index is 0.760. The molecule has 0 fully saturated rings. The Morgan fingerprint density at radius 1 is 1.19 bits per heavy atom. The van der Waals surface area contributed by atoms with Gasteiger partial charge in [-0.3, -0.25) is 0 Å². The first-order valence-electron chi connectivity index (χ1n) is 5.78. The van der Waals surface area contributed by atoms with Gasteiger partial charge < -0.3 is 15.4 Å². The van der Waals surface area contributed by atoms with E-state index in [1.807, 2.05) is 0 Å². The molecule has 2 aliphatic heterocycles. The first kappa shape index (κ1) is 10.4. The van der Waals surface area contributed by atoms with Gasteiger partial charge in [0, 0.05) is 11.0 Å². The lowest BCUT2D eigenvalue weighted by atomic mass is 10.0. The van der Waals surface area contributed by atoms with Gasteiger partial charge in [0.2, 0.25) is 0 Å². The van der Waals surface area contributed by atoms with Crippen molar-refractivity contribution in [2.75, 3.05) is 31.6 Å². The van der Waals surface area contributed by atoms with Gasteiger partial charge in [-0.15, -0.1) is 0 Å². The van der Waals surface area contributed by atoms with Crippen molar-refractivity contribution in [3.05, 3.63) is 21.7 Å². The van der Waals surface area contributed by atoms with E-state index in [1.54, 1.807) is 0 Å². The summed E-state index contributed by atoms with van der Waals surface area (Å²) in [5.41, 5.74) is 3.98. The Morgan fingerprint density at radius 3 is 3.00 bits per heavy atom. The highest BCUT2D eigenvalue weighted by Gasteiger charge is 2.20. The van der Waals surface area contributed by atoms with E-state index < -0.39 is 0 Å². The molecule has 0 aliphatic carbocycles. The van der Waals surface area contributed by atoms with Gasteiger partial charge >= 0.3 is 0 Å². The molecule has 0 unspecified atom stereocenters. The monoisotopic (exact) mass is 282 g/mol.